The number of nitrogens with one attached hydrogen (secondary N) is 2. The molecule has 0 spiro atoms. The Hall–Kier alpha value is -2.16. The van der Waals surface area contributed by atoms with E-state index in [4.69, 9.17) is 5.26 Å². The van der Waals surface area contributed by atoms with E-state index in [0.29, 0.717) is 0 Å². The maximum atomic E-state index is 13.7. The zero-order valence-corrected chi connectivity index (χ0v) is 11.8. The molecule has 1 aromatic carbocycles. The van der Waals surface area contributed by atoms with Crippen LogP contribution in [-0.4, -0.2) is 17.5 Å². The molecule has 4 nitrogen and oxygen atoms in total. The van der Waals surface area contributed by atoms with Crippen LogP contribution in [-0.2, 0) is 4.79 Å². The molecule has 1 rings (SSSR count). The fourth-order valence-electron chi connectivity index (χ4n) is 1.54. The molecule has 0 saturated heterocycles. The van der Waals surface area contributed by atoms with Crippen LogP contribution in [0.1, 0.15) is 33.3 Å². The van der Waals surface area contributed by atoms with E-state index in [1.165, 1.54) is 6.92 Å². The van der Waals surface area contributed by atoms with Gasteiger partial charge >= 0.3 is 0 Å². The van der Waals surface area contributed by atoms with Crippen molar-refractivity contribution < 1.29 is 13.6 Å². The van der Waals surface area contributed by atoms with E-state index in [-0.39, 0.29) is 11.5 Å². The van der Waals surface area contributed by atoms with Crippen molar-refractivity contribution in [1.82, 2.24) is 5.32 Å². The minimum atomic E-state index is -0.906. The molecular formula is C14H17F2N3O. The summed E-state index contributed by atoms with van der Waals surface area (Å²) in [4.78, 5) is 11.8. The molecule has 0 aliphatic carbocycles. The number of hydrogen-bond acceptors (Lipinski definition) is 3. The summed E-state index contributed by atoms with van der Waals surface area (Å²) in [5.41, 5.74) is -0.965. The van der Waals surface area contributed by atoms with Gasteiger partial charge < -0.3 is 10.6 Å². The summed E-state index contributed by atoms with van der Waals surface area (Å²) in [7, 11) is 0. The van der Waals surface area contributed by atoms with E-state index in [1.54, 1.807) is 26.8 Å². The molecule has 0 heterocycles. The average Bonchev–Trinajstić information content (AvgIpc) is 2.30. The van der Waals surface area contributed by atoms with Crippen molar-refractivity contribution in [1.29, 1.82) is 5.26 Å². The topological polar surface area (TPSA) is 64.9 Å². The van der Waals surface area contributed by atoms with Gasteiger partial charge in [0.1, 0.15) is 11.7 Å². The fraction of sp³-hybridized carbons (Fsp3) is 0.429. The Bertz CT molecular complexity index is 536. The highest BCUT2D eigenvalue weighted by Crippen LogP contribution is 2.21. The van der Waals surface area contributed by atoms with Crippen LogP contribution < -0.4 is 10.6 Å². The van der Waals surface area contributed by atoms with E-state index >= 15 is 0 Å². The highest BCUT2D eigenvalue weighted by molar-refractivity contribution is 5.84. The summed E-state index contributed by atoms with van der Waals surface area (Å²) in [6, 6.07) is 2.68. The smallest absolute Gasteiger partial charge is 0.242 e. The van der Waals surface area contributed by atoms with Crippen LogP contribution in [0.4, 0.5) is 14.5 Å². The summed E-state index contributed by atoms with van der Waals surface area (Å²) in [6.07, 6.45) is 0. The first kappa shape index (κ1) is 15.9. The fourth-order valence-corrected chi connectivity index (χ4v) is 1.54. The van der Waals surface area contributed by atoms with Gasteiger partial charge in [-0.2, -0.15) is 5.26 Å². The third kappa shape index (κ3) is 4.19. The van der Waals surface area contributed by atoms with E-state index < -0.39 is 28.9 Å². The van der Waals surface area contributed by atoms with E-state index in [1.807, 2.05) is 0 Å². The third-order valence-corrected chi connectivity index (χ3v) is 2.42. The van der Waals surface area contributed by atoms with Crippen LogP contribution >= 0.6 is 0 Å². The van der Waals surface area contributed by atoms with Crippen molar-refractivity contribution in [2.75, 3.05) is 5.32 Å². The number of hydrogen-bond donors (Lipinski definition) is 2. The Morgan fingerprint density at radius 2 is 1.80 bits per heavy atom. The maximum absolute atomic E-state index is 13.7. The first-order valence-electron chi connectivity index (χ1n) is 6.12. The highest BCUT2D eigenvalue weighted by Gasteiger charge is 2.21. The molecule has 108 valence electrons. The molecule has 0 radical (unpaired) electrons. The van der Waals surface area contributed by atoms with Crippen LogP contribution in [0.3, 0.4) is 0 Å². The van der Waals surface area contributed by atoms with Gasteiger partial charge in [-0.05, 0) is 39.8 Å². The molecule has 1 atom stereocenters. The Morgan fingerprint density at radius 1 is 1.30 bits per heavy atom. The molecule has 0 aliphatic rings. The summed E-state index contributed by atoms with van der Waals surface area (Å²) < 4.78 is 27.3. The van der Waals surface area contributed by atoms with E-state index in [2.05, 4.69) is 10.6 Å². The zero-order valence-electron chi connectivity index (χ0n) is 11.8. The molecule has 0 fully saturated rings. The quantitative estimate of drug-likeness (QED) is 0.895. The minimum absolute atomic E-state index is 0.114. The van der Waals surface area contributed by atoms with Crippen LogP contribution in [0.2, 0.25) is 0 Å². The second-order valence-corrected chi connectivity index (χ2v) is 5.53. The van der Waals surface area contributed by atoms with Gasteiger partial charge in [0, 0.05) is 5.54 Å². The zero-order chi connectivity index (χ0) is 15.5. The Balaban J connectivity index is 2.89. The van der Waals surface area contributed by atoms with Gasteiger partial charge in [0.05, 0.1) is 11.6 Å². The standard InChI is InChI=1S/C14H17F2N3O/c1-8(13(20)19-14(2,3)4)18-12-10(15)5-9(7-17)6-11(12)16/h5-6,8,18H,1-4H3,(H,19,20). The maximum Gasteiger partial charge on any atom is 0.242 e. The van der Waals surface area contributed by atoms with Crippen LogP contribution in [0.15, 0.2) is 12.1 Å². The molecule has 0 bridgehead atoms. The van der Waals surface area contributed by atoms with Crippen molar-refractivity contribution in [2.24, 2.45) is 0 Å². The lowest BCUT2D eigenvalue weighted by atomic mass is 10.1. The number of nitrogens with zero attached hydrogens (tertiary/aromatic N) is 1. The van der Waals surface area contributed by atoms with Gasteiger partial charge in [-0.1, -0.05) is 0 Å². The number of halogens is 2. The first-order chi connectivity index (χ1) is 9.14. The first-order valence-corrected chi connectivity index (χ1v) is 6.12. The predicted molar refractivity (Wildman–Crippen MR) is 72.1 cm³/mol. The molecule has 20 heavy (non-hydrogen) atoms. The lowest BCUT2D eigenvalue weighted by Crippen LogP contribution is -2.47. The van der Waals surface area contributed by atoms with Crippen molar-refractivity contribution in [3.63, 3.8) is 0 Å². The monoisotopic (exact) mass is 281 g/mol. The Kier molecular flexibility index (Phi) is 4.66. The van der Waals surface area contributed by atoms with Crippen molar-refractivity contribution in [3.05, 3.63) is 29.3 Å². The van der Waals surface area contributed by atoms with Gasteiger partial charge in [0.2, 0.25) is 5.91 Å². The molecule has 0 saturated carbocycles. The number of carbonyl (C=O) groups excluding carboxylic acids is 1. The SMILES string of the molecule is CC(Nc1c(F)cc(C#N)cc1F)C(=O)NC(C)(C)C. The normalized spacial score (nSPS) is 12.4. The molecule has 1 aromatic rings. The molecule has 1 amide bonds. The minimum Gasteiger partial charge on any atom is -0.369 e. The number of amides is 1. The van der Waals surface area contributed by atoms with Gasteiger partial charge in [-0.25, -0.2) is 8.78 Å². The van der Waals surface area contributed by atoms with Crippen molar-refractivity contribution >= 4 is 11.6 Å². The van der Waals surface area contributed by atoms with Gasteiger partial charge in [0.25, 0.3) is 0 Å². The average molecular weight is 281 g/mol. The number of carbonyl (C=O) groups is 1. The summed E-state index contributed by atoms with van der Waals surface area (Å²) in [5.74, 6) is -2.19. The molecule has 0 aliphatic heterocycles. The van der Waals surface area contributed by atoms with Crippen LogP contribution in [0.5, 0.6) is 0 Å². The molecule has 6 heteroatoms. The Labute approximate surface area is 116 Å². The number of nitriles is 1. The highest BCUT2D eigenvalue weighted by atomic mass is 19.1. The van der Waals surface area contributed by atoms with E-state index in [0.717, 1.165) is 12.1 Å². The lowest BCUT2D eigenvalue weighted by Gasteiger charge is -2.24. The molecule has 0 aromatic heterocycles. The summed E-state index contributed by atoms with van der Waals surface area (Å²) in [6.45, 7) is 6.92. The summed E-state index contributed by atoms with van der Waals surface area (Å²) in [5, 5.41) is 13.8. The largest absolute Gasteiger partial charge is 0.369 e. The second kappa shape index (κ2) is 5.87. The van der Waals surface area contributed by atoms with Crippen molar-refractivity contribution in [2.45, 2.75) is 39.3 Å². The van der Waals surface area contributed by atoms with Gasteiger partial charge in [-0.3, -0.25) is 4.79 Å². The predicted octanol–water partition coefficient (Wildman–Crippen LogP) is 2.55. The van der Waals surface area contributed by atoms with Crippen LogP contribution in [0.25, 0.3) is 0 Å². The van der Waals surface area contributed by atoms with Gasteiger partial charge in [-0.15, -0.1) is 0 Å². The van der Waals surface area contributed by atoms with Crippen molar-refractivity contribution in [3.8, 4) is 6.07 Å². The third-order valence-electron chi connectivity index (χ3n) is 2.42. The molecular weight excluding hydrogens is 264 g/mol. The van der Waals surface area contributed by atoms with Crippen LogP contribution in [0, 0.1) is 23.0 Å². The Morgan fingerprint density at radius 3 is 2.20 bits per heavy atom. The number of anilines is 1. The lowest BCUT2D eigenvalue weighted by molar-refractivity contribution is -0.122. The number of benzene rings is 1. The van der Waals surface area contributed by atoms with E-state index in [9.17, 15) is 13.6 Å². The number of rotatable bonds is 3. The second-order valence-electron chi connectivity index (χ2n) is 5.53. The molecule has 1 unspecified atom stereocenters. The molecule has 2 N–H and O–H groups in total. The summed E-state index contributed by atoms with van der Waals surface area (Å²) >= 11 is 0. The van der Waals surface area contributed by atoms with Gasteiger partial charge in [0.15, 0.2) is 11.6 Å².